The van der Waals surface area contributed by atoms with E-state index in [0.717, 1.165) is 27.2 Å². The van der Waals surface area contributed by atoms with Crippen molar-refractivity contribution in [2.75, 3.05) is 18.4 Å². The minimum absolute atomic E-state index is 0.435. The fourth-order valence-corrected chi connectivity index (χ4v) is 3.24. The van der Waals surface area contributed by atoms with E-state index >= 15 is 0 Å². The molecule has 23 heavy (non-hydrogen) atoms. The van der Waals surface area contributed by atoms with Crippen molar-refractivity contribution in [3.8, 4) is 11.1 Å². The van der Waals surface area contributed by atoms with E-state index in [-0.39, 0.29) is 0 Å². The first-order chi connectivity index (χ1) is 11.1. The zero-order valence-electron chi connectivity index (χ0n) is 12.7. The van der Waals surface area contributed by atoms with Gasteiger partial charge in [0.05, 0.1) is 5.39 Å². The third-order valence-electron chi connectivity index (χ3n) is 3.45. The van der Waals surface area contributed by atoms with Crippen LogP contribution < -0.4 is 16.4 Å². The molecule has 0 aliphatic carbocycles. The second-order valence-corrected chi connectivity index (χ2v) is 5.99. The van der Waals surface area contributed by atoms with Gasteiger partial charge in [-0.3, -0.25) is 0 Å². The van der Waals surface area contributed by atoms with Gasteiger partial charge in [-0.25, -0.2) is 14.8 Å². The number of nitrogens with one attached hydrogen (secondary N) is 2. The first kappa shape index (κ1) is 15.2. The van der Waals surface area contributed by atoms with E-state index in [1.807, 2.05) is 0 Å². The van der Waals surface area contributed by atoms with Gasteiger partial charge < -0.3 is 16.4 Å². The number of carbonyl (C=O) groups excluding carboxylic acids is 1. The van der Waals surface area contributed by atoms with E-state index in [9.17, 15) is 4.79 Å². The Morgan fingerprint density at radius 2 is 2.00 bits per heavy atom. The number of benzene rings is 1. The Kier molecular flexibility index (Phi) is 4.38. The van der Waals surface area contributed by atoms with E-state index in [2.05, 4.69) is 57.2 Å². The van der Waals surface area contributed by atoms with Gasteiger partial charge in [-0.15, -0.1) is 11.3 Å². The average molecular weight is 327 g/mol. The van der Waals surface area contributed by atoms with Gasteiger partial charge in [0.15, 0.2) is 0 Å². The van der Waals surface area contributed by atoms with Crippen LogP contribution >= 0.6 is 11.3 Å². The van der Waals surface area contributed by atoms with Crippen LogP contribution in [0.1, 0.15) is 5.56 Å². The smallest absolute Gasteiger partial charge is 0.312 e. The van der Waals surface area contributed by atoms with Crippen molar-refractivity contribution in [1.82, 2.24) is 15.3 Å². The summed E-state index contributed by atoms with van der Waals surface area (Å²) in [6.45, 7) is 3.04. The Bertz CT molecular complexity index is 828. The zero-order chi connectivity index (χ0) is 16.2. The molecule has 7 heteroatoms. The quantitative estimate of drug-likeness (QED) is 0.628. The number of anilines is 1. The van der Waals surface area contributed by atoms with Crippen molar-refractivity contribution in [2.45, 2.75) is 6.92 Å². The Labute approximate surface area is 137 Å². The number of primary amides is 1. The lowest BCUT2D eigenvalue weighted by molar-refractivity contribution is 0.249. The number of hydrogen-bond acceptors (Lipinski definition) is 5. The number of hydrogen-bond donors (Lipinski definition) is 3. The van der Waals surface area contributed by atoms with Gasteiger partial charge in [-0.1, -0.05) is 29.8 Å². The van der Waals surface area contributed by atoms with Crippen LogP contribution in [0.5, 0.6) is 0 Å². The molecular weight excluding hydrogens is 310 g/mol. The molecule has 6 nitrogen and oxygen atoms in total. The molecule has 0 aliphatic rings. The molecule has 0 fully saturated rings. The van der Waals surface area contributed by atoms with E-state index in [4.69, 9.17) is 5.73 Å². The van der Waals surface area contributed by atoms with Crippen LogP contribution in [0.25, 0.3) is 21.3 Å². The fourth-order valence-electron chi connectivity index (χ4n) is 2.32. The normalized spacial score (nSPS) is 10.7. The van der Waals surface area contributed by atoms with Crippen LogP contribution in [-0.2, 0) is 0 Å². The molecule has 118 valence electrons. The molecule has 0 radical (unpaired) electrons. The monoisotopic (exact) mass is 327 g/mol. The van der Waals surface area contributed by atoms with Crippen LogP contribution in [-0.4, -0.2) is 29.1 Å². The molecule has 0 bridgehead atoms. The highest BCUT2D eigenvalue weighted by molar-refractivity contribution is 7.17. The van der Waals surface area contributed by atoms with Gasteiger partial charge in [-0.2, -0.15) is 0 Å². The lowest BCUT2D eigenvalue weighted by Gasteiger charge is -2.08. The molecule has 0 atom stereocenters. The highest BCUT2D eigenvalue weighted by Gasteiger charge is 2.12. The van der Waals surface area contributed by atoms with Crippen LogP contribution in [0.2, 0.25) is 0 Å². The summed E-state index contributed by atoms with van der Waals surface area (Å²) in [5.74, 6) is 0.762. The number of aryl methyl sites for hydroxylation is 1. The lowest BCUT2D eigenvalue weighted by atomic mass is 10.0. The maximum absolute atomic E-state index is 10.7. The maximum Gasteiger partial charge on any atom is 0.312 e. The summed E-state index contributed by atoms with van der Waals surface area (Å²) < 4.78 is 0. The maximum atomic E-state index is 10.7. The molecule has 1 aromatic carbocycles. The standard InChI is InChI=1S/C16H17N5OS/c1-10-2-4-11(5-3-10)12-8-23-15-13(12)14(20-9-21-15)18-6-7-19-16(17)22/h2-5,8-9H,6-7H2,1H3,(H3,17,19,22)(H,18,20,21). The minimum atomic E-state index is -0.532. The van der Waals surface area contributed by atoms with Gasteiger partial charge in [-0.05, 0) is 12.5 Å². The van der Waals surface area contributed by atoms with Gasteiger partial charge in [0.25, 0.3) is 0 Å². The molecule has 2 amide bonds. The molecule has 2 heterocycles. The summed E-state index contributed by atoms with van der Waals surface area (Å²) in [4.78, 5) is 20.3. The molecule has 0 saturated carbocycles. The number of fused-ring (bicyclic) bond motifs is 1. The van der Waals surface area contributed by atoms with Crippen LogP contribution in [0.4, 0.5) is 10.6 Å². The number of rotatable bonds is 5. The van der Waals surface area contributed by atoms with Crippen LogP contribution in [0, 0.1) is 6.92 Å². The van der Waals surface area contributed by atoms with Crippen molar-refractivity contribution in [2.24, 2.45) is 5.73 Å². The fraction of sp³-hybridized carbons (Fsp3) is 0.188. The summed E-state index contributed by atoms with van der Waals surface area (Å²) >= 11 is 1.59. The second-order valence-electron chi connectivity index (χ2n) is 5.14. The van der Waals surface area contributed by atoms with E-state index in [1.165, 1.54) is 5.56 Å². The van der Waals surface area contributed by atoms with Crippen LogP contribution in [0.15, 0.2) is 36.0 Å². The van der Waals surface area contributed by atoms with E-state index in [1.54, 1.807) is 17.7 Å². The van der Waals surface area contributed by atoms with Crippen molar-refractivity contribution < 1.29 is 4.79 Å². The van der Waals surface area contributed by atoms with Crippen molar-refractivity contribution in [3.05, 3.63) is 41.5 Å². The molecule has 2 aromatic heterocycles. The van der Waals surface area contributed by atoms with Gasteiger partial charge in [0, 0.05) is 24.0 Å². The Hall–Kier alpha value is -2.67. The van der Waals surface area contributed by atoms with Crippen molar-refractivity contribution in [1.29, 1.82) is 0 Å². The predicted molar refractivity (Wildman–Crippen MR) is 93.7 cm³/mol. The Morgan fingerprint density at radius 1 is 1.22 bits per heavy atom. The molecule has 4 N–H and O–H groups in total. The summed E-state index contributed by atoms with van der Waals surface area (Å²) in [5.41, 5.74) is 8.52. The van der Waals surface area contributed by atoms with Crippen molar-refractivity contribution >= 4 is 33.4 Å². The first-order valence-corrected chi connectivity index (χ1v) is 8.09. The zero-order valence-corrected chi connectivity index (χ0v) is 13.5. The summed E-state index contributed by atoms with van der Waals surface area (Å²) in [6, 6.07) is 7.85. The highest BCUT2D eigenvalue weighted by Crippen LogP contribution is 2.36. The van der Waals surface area contributed by atoms with Crippen LogP contribution in [0.3, 0.4) is 0 Å². The van der Waals surface area contributed by atoms with Crippen molar-refractivity contribution in [3.63, 3.8) is 0 Å². The number of nitrogens with zero attached hydrogens (tertiary/aromatic N) is 2. The Balaban J connectivity index is 1.91. The van der Waals surface area contributed by atoms with E-state index < -0.39 is 6.03 Å². The van der Waals surface area contributed by atoms with Gasteiger partial charge in [0.2, 0.25) is 0 Å². The number of nitrogens with two attached hydrogens (primary N) is 1. The first-order valence-electron chi connectivity index (χ1n) is 7.21. The summed E-state index contributed by atoms with van der Waals surface area (Å²) in [6.07, 6.45) is 1.54. The molecule has 0 aliphatic heterocycles. The number of urea groups is 1. The highest BCUT2D eigenvalue weighted by atomic mass is 32.1. The van der Waals surface area contributed by atoms with E-state index in [0.29, 0.717) is 13.1 Å². The van der Waals surface area contributed by atoms with Gasteiger partial charge in [0.1, 0.15) is 17.0 Å². The third-order valence-corrected chi connectivity index (χ3v) is 4.34. The summed E-state index contributed by atoms with van der Waals surface area (Å²) in [7, 11) is 0. The average Bonchev–Trinajstić information content (AvgIpc) is 2.97. The Morgan fingerprint density at radius 3 is 2.74 bits per heavy atom. The minimum Gasteiger partial charge on any atom is -0.368 e. The molecule has 0 spiro atoms. The number of amides is 2. The molecule has 0 saturated heterocycles. The summed E-state index contributed by atoms with van der Waals surface area (Å²) in [5, 5.41) is 8.88. The molecule has 3 aromatic rings. The number of aromatic nitrogens is 2. The second kappa shape index (κ2) is 6.62. The topological polar surface area (TPSA) is 92.9 Å². The van der Waals surface area contributed by atoms with Gasteiger partial charge >= 0.3 is 6.03 Å². The lowest BCUT2D eigenvalue weighted by Crippen LogP contribution is -2.33. The molecular formula is C16H17N5OS. The number of carbonyl (C=O) groups is 1. The SMILES string of the molecule is Cc1ccc(-c2csc3ncnc(NCCNC(N)=O)c23)cc1. The largest absolute Gasteiger partial charge is 0.368 e. The molecule has 3 rings (SSSR count). The molecule has 0 unspecified atom stereocenters. The third kappa shape index (κ3) is 3.40. The predicted octanol–water partition coefficient (Wildman–Crippen LogP) is 2.75. The number of thiophene rings is 1.